The van der Waals surface area contributed by atoms with Gasteiger partial charge in [-0.05, 0) is 43.2 Å². The van der Waals surface area contributed by atoms with Crippen LogP contribution in [-0.4, -0.2) is 47.2 Å². The standard InChI is InChI=1S/C25H22ClN5O3/c1-16-21(30-11-3-2-8-19(30)28-16)23(32)20-22(17-6-4-7-18(26)14-17)31(25(34)24(20)33)12-5-10-29-13-9-27-15-29/h2-4,6-9,11,13-15,22,32H,5,10,12H2,1H3/t22-/m1/s1. The lowest BCUT2D eigenvalue weighted by atomic mass is 9.96. The number of Topliss-reactive ketones (excluding diaryl/α,β-unsaturated/α-hetero) is 1. The molecule has 1 saturated heterocycles. The first-order valence-electron chi connectivity index (χ1n) is 10.9. The van der Waals surface area contributed by atoms with Gasteiger partial charge in [0.15, 0.2) is 5.76 Å². The number of aliphatic hydroxyl groups is 1. The van der Waals surface area contributed by atoms with E-state index in [0.717, 1.165) is 0 Å². The fraction of sp³-hybridized carbons (Fsp3) is 0.200. The summed E-state index contributed by atoms with van der Waals surface area (Å²) in [5, 5.41) is 11.9. The Hall–Kier alpha value is -3.91. The molecule has 4 aromatic rings. The van der Waals surface area contributed by atoms with E-state index < -0.39 is 17.7 Å². The Morgan fingerprint density at radius 3 is 2.74 bits per heavy atom. The number of aliphatic hydroxyl groups excluding tert-OH is 1. The Kier molecular flexibility index (Phi) is 5.67. The molecule has 4 heterocycles. The molecule has 0 aliphatic carbocycles. The molecule has 1 atom stereocenters. The second-order valence-corrected chi connectivity index (χ2v) is 8.61. The van der Waals surface area contributed by atoms with E-state index in [9.17, 15) is 14.7 Å². The third kappa shape index (κ3) is 3.76. The fourth-order valence-corrected chi connectivity index (χ4v) is 4.70. The zero-order valence-electron chi connectivity index (χ0n) is 18.4. The normalized spacial score (nSPS) is 17.7. The maximum atomic E-state index is 13.3. The van der Waals surface area contributed by atoms with Crippen LogP contribution in [0.3, 0.4) is 0 Å². The fourth-order valence-electron chi connectivity index (χ4n) is 4.50. The summed E-state index contributed by atoms with van der Waals surface area (Å²) in [7, 11) is 0. The predicted molar refractivity (Wildman–Crippen MR) is 127 cm³/mol. The minimum atomic E-state index is -0.768. The van der Waals surface area contributed by atoms with Crippen LogP contribution in [0.15, 0.2) is 73.0 Å². The molecule has 34 heavy (non-hydrogen) atoms. The van der Waals surface area contributed by atoms with Crippen LogP contribution in [0, 0.1) is 6.92 Å². The number of hydrogen-bond donors (Lipinski definition) is 1. The van der Waals surface area contributed by atoms with Crippen molar-refractivity contribution in [3.8, 4) is 0 Å². The minimum absolute atomic E-state index is 0.0312. The van der Waals surface area contributed by atoms with E-state index in [4.69, 9.17) is 11.6 Å². The summed E-state index contributed by atoms with van der Waals surface area (Å²) in [4.78, 5) is 36.5. The Bertz CT molecular complexity index is 1420. The number of ketones is 1. The molecule has 0 bridgehead atoms. The molecule has 5 rings (SSSR count). The van der Waals surface area contributed by atoms with Crippen LogP contribution in [0.2, 0.25) is 5.02 Å². The van der Waals surface area contributed by atoms with E-state index in [1.807, 2.05) is 29.0 Å². The van der Waals surface area contributed by atoms with Gasteiger partial charge in [0.25, 0.3) is 11.7 Å². The SMILES string of the molecule is Cc1nc2ccccn2c1C(O)=C1C(=O)C(=O)N(CCCn2ccnc2)[C@@H]1c1cccc(Cl)c1. The molecule has 0 saturated carbocycles. The predicted octanol–water partition coefficient (Wildman–Crippen LogP) is 4.00. The van der Waals surface area contributed by atoms with E-state index >= 15 is 0 Å². The van der Waals surface area contributed by atoms with Gasteiger partial charge in [0.05, 0.1) is 23.6 Å². The summed E-state index contributed by atoms with van der Waals surface area (Å²) >= 11 is 6.25. The van der Waals surface area contributed by atoms with Gasteiger partial charge in [-0.15, -0.1) is 0 Å². The molecule has 1 aliphatic rings. The highest BCUT2D eigenvalue weighted by atomic mass is 35.5. The highest BCUT2D eigenvalue weighted by Crippen LogP contribution is 2.40. The molecule has 0 spiro atoms. The van der Waals surface area contributed by atoms with Gasteiger partial charge in [-0.25, -0.2) is 9.97 Å². The molecule has 1 aromatic carbocycles. The molecule has 9 heteroatoms. The maximum Gasteiger partial charge on any atom is 0.295 e. The Labute approximate surface area is 200 Å². The smallest absolute Gasteiger partial charge is 0.295 e. The van der Waals surface area contributed by atoms with Gasteiger partial charge < -0.3 is 14.6 Å². The lowest BCUT2D eigenvalue weighted by Crippen LogP contribution is -2.31. The van der Waals surface area contributed by atoms with Gasteiger partial charge >= 0.3 is 0 Å². The number of hydrogen-bond acceptors (Lipinski definition) is 5. The van der Waals surface area contributed by atoms with Gasteiger partial charge in [-0.1, -0.05) is 29.8 Å². The lowest BCUT2D eigenvalue weighted by Gasteiger charge is -2.25. The summed E-state index contributed by atoms with van der Waals surface area (Å²) in [6.07, 6.45) is 7.61. The van der Waals surface area contributed by atoms with Crippen molar-refractivity contribution in [1.82, 2.24) is 23.8 Å². The third-order valence-electron chi connectivity index (χ3n) is 6.01. The number of halogens is 1. The summed E-state index contributed by atoms with van der Waals surface area (Å²) in [6, 6.07) is 11.7. The quantitative estimate of drug-likeness (QED) is 0.258. The topological polar surface area (TPSA) is 92.7 Å². The van der Waals surface area contributed by atoms with Crippen molar-refractivity contribution in [2.75, 3.05) is 6.54 Å². The summed E-state index contributed by atoms with van der Waals surface area (Å²) < 4.78 is 3.62. The van der Waals surface area contributed by atoms with E-state index in [0.29, 0.717) is 47.1 Å². The number of pyridine rings is 1. The molecule has 0 unspecified atom stereocenters. The second kappa shape index (κ2) is 8.79. The molecule has 0 radical (unpaired) electrons. The van der Waals surface area contributed by atoms with E-state index in [-0.39, 0.29) is 11.3 Å². The van der Waals surface area contributed by atoms with Crippen molar-refractivity contribution in [2.45, 2.75) is 25.9 Å². The van der Waals surface area contributed by atoms with Crippen LogP contribution >= 0.6 is 11.6 Å². The molecule has 1 N–H and O–H groups in total. The highest BCUT2D eigenvalue weighted by molar-refractivity contribution is 6.46. The van der Waals surface area contributed by atoms with Gasteiger partial charge in [-0.2, -0.15) is 0 Å². The van der Waals surface area contributed by atoms with Crippen molar-refractivity contribution in [3.63, 3.8) is 0 Å². The van der Waals surface area contributed by atoms with E-state index in [1.54, 1.807) is 54.3 Å². The van der Waals surface area contributed by atoms with Gasteiger partial charge in [0.1, 0.15) is 11.3 Å². The number of likely N-dealkylation sites (tertiary alicyclic amines) is 1. The Balaban J connectivity index is 1.61. The number of nitrogens with zero attached hydrogens (tertiary/aromatic N) is 5. The van der Waals surface area contributed by atoms with Crippen molar-refractivity contribution >= 4 is 34.7 Å². The van der Waals surface area contributed by atoms with E-state index in [1.165, 1.54) is 4.90 Å². The monoisotopic (exact) mass is 475 g/mol. The average Bonchev–Trinajstić information content (AvgIpc) is 3.51. The molecule has 172 valence electrons. The third-order valence-corrected chi connectivity index (χ3v) is 6.24. The van der Waals surface area contributed by atoms with Gasteiger partial charge in [0.2, 0.25) is 0 Å². The molecule has 1 amide bonds. The minimum Gasteiger partial charge on any atom is -0.505 e. The maximum absolute atomic E-state index is 13.3. The number of carbonyl (C=O) groups excluding carboxylic acids is 2. The van der Waals surface area contributed by atoms with Crippen molar-refractivity contribution in [2.24, 2.45) is 0 Å². The zero-order valence-corrected chi connectivity index (χ0v) is 19.2. The number of amides is 1. The Morgan fingerprint density at radius 1 is 1.12 bits per heavy atom. The van der Waals surface area contributed by atoms with E-state index in [2.05, 4.69) is 9.97 Å². The van der Waals surface area contributed by atoms with Crippen molar-refractivity contribution < 1.29 is 14.7 Å². The number of aromatic nitrogens is 4. The molecular formula is C25H22ClN5O3. The highest BCUT2D eigenvalue weighted by Gasteiger charge is 2.46. The first-order valence-corrected chi connectivity index (χ1v) is 11.3. The molecule has 1 fully saturated rings. The summed E-state index contributed by atoms with van der Waals surface area (Å²) in [5.41, 5.74) is 2.26. The van der Waals surface area contributed by atoms with Crippen LogP contribution < -0.4 is 0 Å². The number of benzene rings is 1. The second-order valence-electron chi connectivity index (χ2n) is 8.18. The Morgan fingerprint density at radius 2 is 1.97 bits per heavy atom. The number of rotatable bonds is 6. The first-order chi connectivity index (χ1) is 16.5. The number of aryl methyl sites for hydroxylation is 2. The van der Waals surface area contributed by atoms with Crippen LogP contribution in [0.5, 0.6) is 0 Å². The lowest BCUT2D eigenvalue weighted by molar-refractivity contribution is -0.139. The van der Waals surface area contributed by atoms with Crippen LogP contribution in [0.4, 0.5) is 0 Å². The van der Waals surface area contributed by atoms with Gasteiger partial charge in [-0.3, -0.25) is 14.0 Å². The first kappa shape index (κ1) is 21.9. The zero-order chi connectivity index (χ0) is 23.8. The molecule has 8 nitrogen and oxygen atoms in total. The van der Waals surface area contributed by atoms with Crippen molar-refractivity contribution in [1.29, 1.82) is 0 Å². The largest absolute Gasteiger partial charge is 0.505 e. The number of fused-ring (bicyclic) bond motifs is 1. The molecular weight excluding hydrogens is 454 g/mol. The number of carbonyl (C=O) groups is 2. The molecule has 1 aliphatic heterocycles. The summed E-state index contributed by atoms with van der Waals surface area (Å²) in [5.74, 6) is -1.63. The number of imidazole rings is 2. The summed E-state index contributed by atoms with van der Waals surface area (Å²) in [6.45, 7) is 2.72. The van der Waals surface area contributed by atoms with Crippen LogP contribution in [-0.2, 0) is 16.1 Å². The average molecular weight is 476 g/mol. The van der Waals surface area contributed by atoms with Gasteiger partial charge in [0, 0.05) is 36.7 Å². The van der Waals surface area contributed by atoms with Crippen molar-refractivity contribution in [3.05, 3.63) is 94.9 Å². The van der Waals surface area contributed by atoms with Crippen LogP contribution in [0.25, 0.3) is 11.4 Å². The van der Waals surface area contributed by atoms with Crippen LogP contribution in [0.1, 0.15) is 29.4 Å². The molecule has 3 aromatic heterocycles.